The first-order valence-electron chi connectivity index (χ1n) is 12.6. The Bertz CT molecular complexity index is 1370. The number of para-hydroxylation sites is 1. The predicted molar refractivity (Wildman–Crippen MR) is 144 cm³/mol. The Balaban J connectivity index is 1.18. The Kier molecular flexibility index (Phi) is 7.54. The number of rotatable bonds is 5. The molecule has 0 atom stereocenters. The Morgan fingerprint density at radius 3 is 2.24 bits per heavy atom. The first-order valence-corrected chi connectivity index (χ1v) is 13.0. The molecule has 0 N–H and O–H groups in total. The summed E-state index contributed by atoms with van der Waals surface area (Å²) in [4.78, 5) is 21.6. The van der Waals surface area contributed by atoms with Gasteiger partial charge in [-0.2, -0.15) is 5.26 Å². The highest BCUT2D eigenvalue weighted by Gasteiger charge is 2.27. The molecule has 3 heterocycles. The van der Waals surface area contributed by atoms with Crippen molar-refractivity contribution in [2.24, 2.45) is 7.05 Å². The summed E-state index contributed by atoms with van der Waals surface area (Å²) >= 11 is 6.36. The Morgan fingerprint density at radius 2 is 1.55 bits per heavy atom. The lowest BCUT2D eigenvalue weighted by atomic mass is 10.1. The molecule has 198 valence electrons. The molecule has 3 aromatic rings. The number of halogens is 3. The van der Waals surface area contributed by atoms with Gasteiger partial charge in [0.15, 0.2) is 11.6 Å². The van der Waals surface area contributed by atoms with Gasteiger partial charge in [0, 0.05) is 78.2 Å². The summed E-state index contributed by atoms with van der Waals surface area (Å²) in [6, 6.07) is 13.8. The van der Waals surface area contributed by atoms with Crippen molar-refractivity contribution in [1.82, 2.24) is 14.4 Å². The van der Waals surface area contributed by atoms with E-state index in [4.69, 9.17) is 11.6 Å². The molecular formula is C28H29ClF2N6O. The number of aryl methyl sites for hydroxylation is 1. The number of piperazine rings is 2. The standard InChI is InChI=1S/C28H29ClF2N6O/c1-33-18-20(19-34-6-8-35(9-7-34)25-5-3-2-4-22(25)29)14-27(33)28(38)37-12-10-36(11-13-37)26-16-24(31)23(30)15-21(26)17-32/h2-5,14-16,18H,6-13,19H2,1H3. The van der Waals surface area contributed by atoms with E-state index in [0.29, 0.717) is 37.6 Å². The van der Waals surface area contributed by atoms with E-state index < -0.39 is 11.6 Å². The van der Waals surface area contributed by atoms with Gasteiger partial charge in [-0.05, 0) is 29.8 Å². The van der Waals surface area contributed by atoms with Gasteiger partial charge < -0.3 is 19.3 Å². The monoisotopic (exact) mass is 538 g/mol. The number of hydrogen-bond acceptors (Lipinski definition) is 5. The molecular weight excluding hydrogens is 510 g/mol. The molecule has 1 aromatic heterocycles. The Morgan fingerprint density at radius 1 is 0.921 bits per heavy atom. The van der Waals surface area contributed by atoms with Gasteiger partial charge in [0.1, 0.15) is 11.8 Å². The summed E-state index contributed by atoms with van der Waals surface area (Å²) in [5.41, 5.74) is 3.21. The third kappa shape index (κ3) is 5.33. The zero-order valence-corrected chi connectivity index (χ0v) is 22.0. The Labute approximate surface area is 226 Å². The van der Waals surface area contributed by atoms with Crippen LogP contribution in [-0.2, 0) is 13.6 Å². The van der Waals surface area contributed by atoms with E-state index in [9.17, 15) is 18.8 Å². The smallest absolute Gasteiger partial charge is 0.270 e. The summed E-state index contributed by atoms with van der Waals surface area (Å²) in [6.45, 7) is 6.05. The SMILES string of the molecule is Cn1cc(CN2CCN(c3ccccc3Cl)CC2)cc1C(=O)N1CCN(c2cc(F)c(F)cc2C#N)CC1. The van der Waals surface area contributed by atoms with Gasteiger partial charge in [0.05, 0.1) is 22.0 Å². The van der Waals surface area contributed by atoms with Crippen LogP contribution in [0.5, 0.6) is 0 Å². The van der Waals surface area contributed by atoms with Crippen LogP contribution in [-0.4, -0.2) is 72.6 Å². The van der Waals surface area contributed by atoms with E-state index in [1.807, 2.05) is 59.1 Å². The van der Waals surface area contributed by atoms with Crippen LogP contribution in [0.1, 0.15) is 21.6 Å². The number of carbonyl (C=O) groups is 1. The minimum Gasteiger partial charge on any atom is -0.368 e. The van der Waals surface area contributed by atoms with Gasteiger partial charge in [-0.25, -0.2) is 8.78 Å². The minimum absolute atomic E-state index is 0.0623. The van der Waals surface area contributed by atoms with Crippen LogP contribution in [0.3, 0.4) is 0 Å². The maximum Gasteiger partial charge on any atom is 0.270 e. The number of anilines is 2. The number of carbonyl (C=O) groups excluding carboxylic acids is 1. The molecule has 0 spiro atoms. The quantitative estimate of drug-likeness (QED) is 0.489. The zero-order valence-electron chi connectivity index (χ0n) is 21.2. The first-order chi connectivity index (χ1) is 18.3. The number of nitriles is 1. The van der Waals surface area contributed by atoms with E-state index in [-0.39, 0.29) is 11.5 Å². The molecule has 0 aliphatic carbocycles. The van der Waals surface area contributed by atoms with Crippen LogP contribution in [0, 0.1) is 23.0 Å². The third-order valence-corrected chi connectivity index (χ3v) is 7.64. The highest BCUT2D eigenvalue weighted by Crippen LogP contribution is 2.27. The molecule has 5 rings (SSSR count). The normalized spacial score (nSPS) is 16.6. The lowest BCUT2D eigenvalue weighted by Gasteiger charge is -2.36. The average molecular weight is 539 g/mol. The first kappa shape index (κ1) is 26.0. The average Bonchev–Trinajstić information content (AvgIpc) is 3.30. The van der Waals surface area contributed by atoms with Gasteiger partial charge in [-0.3, -0.25) is 9.69 Å². The van der Waals surface area contributed by atoms with Crippen molar-refractivity contribution in [3.05, 3.63) is 82.1 Å². The molecule has 0 saturated carbocycles. The van der Waals surface area contributed by atoms with Crippen LogP contribution in [0.2, 0.25) is 5.02 Å². The molecule has 0 radical (unpaired) electrons. The number of nitrogens with zero attached hydrogens (tertiary/aromatic N) is 6. The van der Waals surface area contributed by atoms with Crippen LogP contribution < -0.4 is 9.80 Å². The summed E-state index contributed by atoms with van der Waals surface area (Å²) in [7, 11) is 1.88. The zero-order chi connectivity index (χ0) is 26.8. The molecule has 2 aliphatic rings. The highest BCUT2D eigenvalue weighted by molar-refractivity contribution is 6.33. The lowest BCUT2D eigenvalue weighted by Crippen LogP contribution is -2.49. The van der Waals surface area contributed by atoms with Crippen molar-refractivity contribution in [2.75, 3.05) is 62.2 Å². The minimum atomic E-state index is -1.04. The number of hydrogen-bond donors (Lipinski definition) is 0. The maximum absolute atomic E-state index is 13.8. The second-order valence-electron chi connectivity index (χ2n) is 9.73. The largest absolute Gasteiger partial charge is 0.368 e. The van der Waals surface area contributed by atoms with E-state index in [1.165, 1.54) is 0 Å². The molecule has 10 heteroatoms. The molecule has 2 aromatic carbocycles. The molecule has 38 heavy (non-hydrogen) atoms. The van der Waals surface area contributed by atoms with E-state index >= 15 is 0 Å². The topological polar surface area (TPSA) is 58.8 Å². The molecule has 2 saturated heterocycles. The lowest BCUT2D eigenvalue weighted by molar-refractivity contribution is 0.0737. The van der Waals surface area contributed by atoms with E-state index in [2.05, 4.69) is 9.80 Å². The summed E-state index contributed by atoms with van der Waals surface area (Å²) in [5, 5.41) is 10.1. The van der Waals surface area contributed by atoms with Gasteiger partial charge in [0.2, 0.25) is 0 Å². The van der Waals surface area contributed by atoms with Crippen LogP contribution in [0.25, 0.3) is 0 Å². The molecule has 1 amide bonds. The van der Waals surface area contributed by atoms with Gasteiger partial charge in [0.25, 0.3) is 5.91 Å². The van der Waals surface area contributed by atoms with Gasteiger partial charge in [-0.1, -0.05) is 23.7 Å². The fraction of sp³-hybridized carbons (Fsp3) is 0.357. The molecule has 0 unspecified atom stereocenters. The van der Waals surface area contributed by atoms with Crippen molar-refractivity contribution in [3.63, 3.8) is 0 Å². The van der Waals surface area contributed by atoms with E-state index in [1.54, 1.807) is 4.90 Å². The fourth-order valence-electron chi connectivity index (χ4n) is 5.25. The van der Waals surface area contributed by atoms with Crippen molar-refractivity contribution in [2.45, 2.75) is 6.54 Å². The van der Waals surface area contributed by atoms with Crippen molar-refractivity contribution in [1.29, 1.82) is 5.26 Å². The van der Waals surface area contributed by atoms with Crippen molar-refractivity contribution >= 4 is 28.9 Å². The molecule has 2 fully saturated rings. The highest BCUT2D eigenvalue weighted by atomic mass is 35.5. The predicted octanol–water partition coefficient (Wildman–Crippen LogP) is 4.11. The number of amides is 1. The van der Waals surface area contributed by atoms with Gasteiger partial charge >= 0.3 is 0 Å². The maximum atomic E-state index is 13.8. The Hall–Kier alpha value is -3.61. The van der Waals surface area contributed by atoms with E-state index in [0.717, 1.165) is 61.1 Å². The number of aromatic nitrogens is 1. The fourth-order valence-corrected chi connectivity index (χ4v) is 5.50. The third-order valence-electron chi connectivity index (χ3n) is 7.32. The second kappa shape index (κ2) is 11.0. The van der Waals surface area contributed by atoms with Crippen molar-refractivity contribution < 1.29 is 13.6 Å². The van der Waals surface area contributed by atoms with Crippen molar-refractivity contribution in [3.8, 4) is 6.07 Å². The summed E-state index contributed by atoms with van der Waals surface area (Å²) in [5.74, 6) is -2.09. The summed E-state index contributed by atoms with van der Waals surface area (Å²) in [6.07, 6.45) is 2.00. The molecule has 2 aliphatic heterocycles. The number of benzene rings is 2. The second-order valence-corrected chi connectivity index (χ2v) is 10.1. The molecule has 0 bridgehead atoms. The summed E-state index contributed by atoms with van der Waals surface area (Å²) < 4.78 is 29.2. The van der Waals surface area contributed by atoms with Crippen LogP contribution in [0.15, 0.2) is 48.7 Å². The van der Waals surface area contributed by atoms with Crippen LogP contribution >= 0.6 is 11.6 Å². The molecule has 7 nitrogen and oxygen atoms in total. The van der Waals surface area contributed by atoms with Crippen LogP contribution in [0.4, 0.5) is 20.2 Å². The van der Waals surface area contributed by atoms with Gasteiger partial charge in [-0.15, -0.1) is 0 Å².